The summed E-state index contributed by atoms with van der Waals surface area (Å²) < 4.78 is 5.58. The Morgan fingerprint density at radius 3 is 2.89 bits per heavy atom. The van der Waals surface area contributed by atoms with Gasteiger partial charge in [0.1, 0.15) is 5.75 Å². The zero-order valence-corrected chi connectivity index (χ0v) is 15.8. The van der Waals surface area contributed by atoms with E-state index in [1.165, 1.54) is 11.6 Å². The summed E-state index contributed by atoms with van der Waals surface area (Å²) in [6.07, 6.45) is 3.86. The van der Waals surface area contributed by atoms with E-state index in [0.717, 1.165) is 48.4 Å². The third-order valence-electron chi connectivity index (χ3n) is 5.43. The lowest BCUT2D eigenvalue weighted by Crippen LogP contribution is -2.43. The first-order chi connectivity index (χ1) is 13.6. The van der Waals surface area contributed by atoms with Gasteiger partial charge in [-0.1, -0.05) is 24.8 Å². The quantitative estimate of drug-likeness (QED) is 0.829. The molecule has 1 N–H and O–H groups in total. The molecule has 2 heterocycles. The van der Waals surface area contributed by atoms with Crippen molar-refractivity contribution in [2.24, 2.45) is 5.92 Å². The summed E-state index contributed by atoms with van der Waals surface area (Å²) in [5, 5.41) is 3.02. The average Bonchev–Trinajstić information content (AvgIpc) is 3.21. The van der Waals surface area contributed by atoms with Gasteiger partial charge in [-0.25, -0.2) is 0 Å². The number of hydrogen-bond acceptors (Lipinski definition) is 3. The summed E-state index contributed by atoms with van der Waals surface area (Å²) >= 11 is 0. The van der Waals surface area contributed by atoms with Crippen LogP contribution in [0.15, 0.2) is 55.1 Å². The van der Waals surface area contributed by atoms with Gasteiger partial charge in [0.05, 0.1) is 12.5 Å². The molecule has 2 aromatic carbocycles. The van der Waals surface area contributed by atoms with E-state index in [9.17, 15) is 9.59 Å². The van der Waals surface area contributed by atoms with Crippen LogP contribution in [0.1, 0.15) is 18.4 Å². The van der Waals surface area contributed by atoms with Crippen molar-refractivity contribution in [1.82, 2.24) is 4.90 Å². The number of nitrogens with one attached hydrogen (secondary N) is 1. The minimum Gasteiger partial charge on any atom is -0.493 e. The number of nitrogens with zero attached hydrogens (tertiary/aromatic N) is 1. The number of hydrogen-bond donors (Lipinski definition) is 1. The molecule has 1 unspecified atom stereocenters. The highest BCUT2D eigenvalue weighted by molar-refractivity contribution is 5.94. The average molecular weight is 376 g/mol. The zero-order chi connectivity index (χ0) is 19.5. The van der Waals surface area contributed by atoms with Crippen molar-refractivity contribution in [2.45, 2.75) is 19.3 Å². The van der Waals surface area contributed by atoms with E-state index >= 15 is 0 Å². The van der Waals surface area contributed by atoms with Gasteiger partial charge in [-0.05, 0) is 59.9 Å². The van der Waals surface area contributed by atoms with Crippen LogP contribution < -0.4 is 10.1 Å². The van der Waals surface area contributed by atoms with Crippen molar-refractivity contribution in [2.75, 3.05) is 25.0 Å². The first kappa shape index (κ1) is 18.3. The lowest BCUT2D eigenvalue weighted by Gasteiger charge is -2.31. The first-order valence-electron chi connectivity index (χ1n) is 9.72. The number of carbonyl (C=O) groups excluding carboxylic acids is 2. The number of likely N-dealkylation sites (tertiary alicyclic amines) is 1. The molecule has 0 radical (unpaired) electrons. The van der Waals surface area contributed by atoms with E-state index in [2.05, 4.69) is 18.0 Å². The minimum absolute atomic E-state index is 0.0407. The molecular weight excluding hydrogens is 352 g/mol. The number of benzene rings is 2. The lowest BCUT2D eigenvalue weighted by atomic mass is 9.96. The van der Waals surface area contributed by atoms with Gasteiger partial charge in [0.2, 0.25) is 11.8 Å². The number of anilines is 1. The van der Waals surface area contributed by atoms with Gasteiger partial charge in [-0.15, -0.1) is 0 Å². The second kappa shape index (κ2) is 7.89. The number of ether oxygens (including phenoxy) is 1. The third-order valence-corrected chi connectivity index (χ3v) is 5.43. The summed E-state index contributed by atoms with van der Waals surface area (Å²) in [5.74, 6) is 0.615. The van der Waals surface area contributed by atoms with Gasteiger partial charge >= 0.3 is 0 Å². The van der Waals surface area contributed by atoms with E-state index in [4.69, 9.17) is 4.74 Å². The van der Waals surface area contributed by atoms with Crippen LogP contribution in [0.5, 0.6) is 5.75 Å². The highest BCUT2D eigenvalue weighted by Gasteiger charge is 2.27. The molecule has 1 atom stereocenters. The van der Waals surface area contributed by atoms with Crippen molar-refractivity contribution in [3.05, 3.63) is 60.7 Å². The third kappa shape index (κ3) is 3.79. The summed E-state index contributed by atoms with van der Waals surface area (Å²) in [5.41, 5.74) is 4.16. The molecule has 4 rings (SSSR count). The molecule has 1 saturated heterocycles. The summed E-state index contributed by atoms with van der Waals surface area (Å²) in [6, 6.07) is 14.1. The standard InChI is InChI=1S/C23H24N2O3/c1-2-22(26)25-11-4-6-19(15-25)23(27)24-20-7-3-5-16(14-20)17-8-9-21-18(13-17)10-12-28-21/h2-3,5,7-9,13-14,19H,1,4,6,10-12,15H2,(H,24,27). The fraction of sp³-hybridized carbons (Fsp3) is 0.304. The number of fused-ring (bicyclic) bond motifs is 1. The summed E-state index contributed by atoms with van der Waals surface area (Å²) in [6.45, 7) is 5.40. The smallest absolute Gasteiger partial charge is 0.245 e. The number of rotatable bonds is 4. The van der Waals surface area contributed by atoms with Gasteiger partial charge in [0.15, 0.2) is 0 Å². The lowest BCUT2D eigenvalue weighted by molar-refractivity contribution is -0.130. The number of carbonyl (C=O) groups is 2. The van der Waals surface area contributed by atoms with Gasteiger partial charge < -0.3 is 15.0 Å². The zero-order valence-electron chi connectivity index (χ0n) is 15.8. The van der Waals surface area contributed by atoms with Crippen LogP contribution in [-0.2, 0) is 16.0 Å². The largest absolute Gasteiger partial charge is 0.493 e. The van der Waals surface area contributed by atoms with Crippen molar-refractivity contribution in [1.29, 1.82) is 0 Å². The van der Waals surface area contributed by atoms with Crippen LogP contribution in [0.25, 0.3) is 11.1 Å². The number of amides is 2. The SMILES string of the molecule is C=CC(=O)N1CCCC(C(=O)Nc2cccc(-c3ccc4c(c3)CCO4)c2)C1. The van der Waals surface area contributed by atoms with Gasteiger partial charge in [0.25, 0.3) is 0 Å². The van der Waals surface area contributed by atoms with Crippen molar-refractivity contribution >= 4 is 17.5 Å². The molecule has 144 valence electrons. The minimum atomic E-state index is -0.196. The molecule has 0 aliphatic carbocycles. The fourth-order valence-electron chi connectivity index (χ4n) is 3.91. The van der Waals surface area contributed by atoms with Crippen LogP contribution in [0, 0.1) is 5.92 Å². The Balaban J connectivity index is 1.47. The van der Waals surface area contributed by atoms with Crippen molar-refractivity contribution < 1.29 is 14.3 Å². The molecule has 0 bridgehead atoms. The molecule has 0 saturated carbocycles. The van der Waals surface area contributed by atoms with E-state index in [1.54, 1.807) is 4.90 Å². The normalized spacial score (nSPS) is 18.1. The molecule has 5 nitrogen and oxygen atoms in total. The molecule has 2 amide bonds. The van der Waals surface area contributed by atoms with E-state index in [1.807, 2.05) is 36.4 Å². The highest BCUT2D eigenvalue weighted by Crippen LogP contribution is 2.31. The second-order valence-corrected chi connectivity index (χ2v) is 7.32. The van der Waals surface area contributed by atoms with E-state index in [-0.39, 0.29) is 17.7 Å². The second-order valence-electron chi connectivity index (χ2n) is 7.32. The maximum atomic E-state index is 12.7. The molecule has 2 aromatic rings. The van der Waals surface area contributed by atoms with Crippen molar-refractivity contribution in [3.63, 3.8) is 0 Å². The van der Waals surface area contributed by atoms with Crippen LogP contribution in [0.3, 0.4) is 0 Å². The Bertz CT molecular complexity index is 922. The molecule has 5 heteroatoms. The Morgan fingerprint density at radius 2 is 2.04 bits per heavy atom. The molecule has 0 aromatic heterocycles. The van der Waals surface area contributed by atoms with Crippen LogP contribution in [0.2, 0.25) is 0 Å². The molecular formula is C23H24N2O3. The van der Waals surface area contributed by atoms with Crippen LogP contribution in [-0.4, -0.2) is 36.4 Å². The molecule has 28 heavy (non-hydrogen) atoms. The maximum Gasteiger partial charge on any atom is 0.245 e. The predicted octanol–water partition coefficient (Wildman–Crippen LogP) is 3.65. The topological polar surface area (TPSA) is 58.6 Å². The Kier molecular flexibility index (Phi) is 5.15. The summed E-state index contributed by atoms with van der Waals surface area (Å²) in [7, 11) is 0. The Hall–Kier alpha value is -3.08. The van der Waals surface area contributed by atoms with E-state index in [0.29, 0.717) is 13.1 Å². The monoisotopic (exact) mass is 376 g/mol. The molecule has 1 fully saturated rings. The Labute approximate surface area is 165 Å². The van der Waals surface area contributed by atoms with Crippen molar-refractivity contribution in [3.8, 4) is 16.9 Å². The molecule has 2 aliphatic rings. The molecule has 0 spiro atoms. The van der Waals surface area contributed by atoms with Gasteiger partial charge in [-0.3, -0.25) is 9.59 Å². The van der Waals surface area contributed by atoms with Crippen LogP contribution in [0.4, 0.5) is 5.69 Å². The highest BCUT2D eigenvalue weighted by atomic mass is 16.5. The number of piperidine rings is 1. The van der Waals surface area contributed by atoms with E-state index < -0.39 is 0 Å². The molecule has 2 aliphatic heterocycles. The van der Waals surface area contributed by atoms with Crippen LogP contribution >= 0.6 is 0 Å². The maximum absolute atomic E-state index is 12.7. The first-order valence-corrected chi connectivity index (χ1v) is 9.72. The Morgan fingerprint density at radius 1 is 1.18 bits per heavy atom. The fourth-order valence-corrected chi connectivity index (χ4v) is 3.91. The van der Waals surface area contributed by atoms with Gasteiger partial charge in [-0.2, -0.15) is 0 Å². The predicted molar refractivity (Wildman–Crippen MR) is 109 cm³/mol. The summed E-state index contributed by atoms with van der Waals surface area (Å²) in [4.78, 5) is 26.3. The van der Waals surface area contributed by atoms with Gasteiger partial charge in [0, 0.05) is 25.2 Å².